The molecule has 3 rings (SSSR count). The van der Waals surface area contributed by atoms with Crippen molar-refractivity contribution >= 4 is 35.0 Å². The second-order valence-electron chi connectivity index (χ2n) is 8.53. The molecular formula is C29H33N3O4. The Morgan fingerprint density at radius 3 is 1.92 bits per heavy atom. The van der Waals surface area contributed by atoms with Crippen LogP contribution in [0.15, 0.2) is 78.9 Å². The molecule has 0 aliphatic rings. The van der Waals surface area contributed by atoms with Crippen molar-refractivity contribution in [3.63, 3.8) is 0 Å². The van der Waals surface area contributed by atoms with Crippen LogP contribution >= 0.6 is 0 Å². The molecule has 0 aliphatic carbocycles. The van der Waals surface area contributed by atoms with Gasteiger partial charge >= 0.3 is 6.09 Å². The quantitative estimate of drug-likeness (QED) is 0.276. The molecule has 0 radical (unpaired) electrons. The molecule has 0 fully saturated rings. The summed E-state index contributed by atoms with van der Waals surface area (Å²) < 4.78 is 5.27. The fraction of sp³-hybridized carbons (Fsp3) is 0.276. The van der Waals surface area contributed by atoms with Gasteiger partial charge in [0, 0.05) is 17.2 Å². The van der Waals surface area contributed by atoms with Gasteiger partial charge in [-0.1, -0.05) is 69.2 Å². The van der Waals surface area contributed by atoms with Gasteiger partial charge in [-0.2, -0.15) is 0 Å². The number of hydrogen-bond donors (Lipinski definition) is 3. The monoisotopic (exact) mass is 487 g/mol. The molecule has 3 aromatic rings. The van der Waals surface area contributed by atoms with E-state index >= 15 is 0 Å². The minimum absolute atomic E-state index is 0.00800. The Morgan fingerprint density at radius 1 is 0.722 bits per heavy atom. The van der Waals surface area contributed by atoms with E-state index in [-0.39, 0.29) is 24.3 Å². The van der Waals surface area contributed by atoms with Crippen molar-refractivity contribution in [3.8, 4) is 0 Å². The molecule has 0 saturated carbocycles. The van der Waals surface area contributed by atoms with Crippen LogP contribution in [-0.2, 0) is 16.1 Å². The van der Waals surface area contributed by atoms with Crippen LogP contribution in [0.2, 0.25) is 0 Å². The number of benzene rings is 3. The van der Waals surface area contributed by atoms with Gasteiger partial charge in [0.15, 0.2) is 0 Å². The Morgan fingerprint density at radius 2 is 1.31 bits per heavy atom. The number of nitrogens with one attached hydrogen (secondary N) is 3. The number of carbonyl (C=O) groups excluding carboxylic acids is 3. The number of anilines is 3. The van der Waals surface area contributed by atoms with Gasteiger partial charge < -0.3 is 15.4 Å². The van der Waals surface area contributed by atoms with Gasteiger partial charge in [0.1, 0.15) is 6.61 Å². The molecule has 0 unspecified atom stereocenters. The average molecular weight is 488 g/mol. The van der Waals surface area contributed by atoms with Crippen molar-refractivity contribution in [3.05, 3.63) is 90.0 Å². The molecular weight excluding hydrogens is 454 g/mol. The van der Waals surface area contributed by atoms with Gasteiger partial charge in [0.25, 0.3) is 5.91 Å². The highest BCUT2D eigenvalue weighted by molar-refractivity contribution is 6.07. The maximum atomic E-state index is 12.8. The average Bonchev–Trinajstić information content (AvgIpc) is 2.89. The maximum Gasteiger partial charge on any atom is 0.412 e. The lowest BCUT2D eigenvalue weighted by Gasteiger charge is -2.15. The highest BCUT2D eigenvalue weighted by atomic mass is 16.5. The molecule has 3 amide bonds. The van der Waals surface area contributed by atoms with Crippen molar-refractivity contribution in [2.24, 2.45) is 5.92 Å². The zero-order valence-electron chi connectivity index (χ0n) is 20.8. The van der Waals surface area contributed by atoms with E-state index in [1.165, 1.54) is 0 Å². The van der Waals surface area contributed by atoms with E-state index < -0.39 is 6.09 Å². The predicted octanol–water partition coefficient (Wildman–Crippen LogP) is 6.84. The lowest BCUT2D eigenvalue weighted by Crippen LogP contribution is -2.22. The Balaban J connectivity index is 1.58. The molecule has 7 heteroatoms. The molecule has 3 aromatic carbocycles. The van der Waals surface area contributed by atoms with Gasteiger partial charge in [0.05, 0.1) is 11.4 Å². The summed E-state index contributed by atoms with van der Waals surface area (Å²) in [4.78, 5) is 37.7. The number of amides is 3. The van der Waals surface area contributed by atoms with Crippen molar-refractivity contribution < 1.29 is 19.1 Å². The summed E-state index contributed by atoms with van der Waals surface area (Å²) in [5, 5.41) is 8.45. The normalized spacial score (nSPS) is 10.5. The first-order chi connectivity index (χ1) is 17.5. The first-order valence-corrected chi connectivity index (χ1v) is 12.3. The third-order valence-electron chi connectivity index (χ3n) is 5.68. The van der Waals surface area contributed by atoms with Crippen molar-refractivity contribution in [2.45, 2.75) is 46.1 Å². The van der Waals surface area contributed by atoms with Crippen molar-refractivity contribution in [1.82, 2.24) is 0 Å². The van der Waals surface area contributed by atoms with Crippen molar-refractivity contribution in [1.29, 1.82) is 0 Å². The smallest absolute Gasteiger partial charge is 0.412 e. The maximum absolute atomic E-state index is 12.8. The SMILES string of the molecule is CCCC(CCC)C(=O)Nc1ccc(C(=O)Nc2ccccc2NC(=O)OCc2ccccc2)cc1. The Labute approximate surface area is 212 Å². The first kappa shape index (κ1) is 26.5. The standard InChI is InChI=1S/C29H33N3O4/c1-3-10-22(11-4-2)27(33)30-24-18-16-23(17-19-24)28(34)31-25-14-8-9-15-26(25)32-29(35)36-20-21-12-6-5-7-13-21/h5-9,12-19,22H,3-4,10-11,20H2,1-2H3,(H,30,33)(H,31,34)(H,32,35). The number of ether oxygens (including phenoxy) is 1. The first-order valence-electron chi connectivity index (χ1n) is 12.3. The molecule has 7 nitrogen and oxygen atoms in total. The van der Waals surface area contributed by atoms with Crippen LogP contribution in [0.25, 0.3) is 0 Å². The molecule has 188 valence electrons. The highest BCUT2D eigenvalue weighted by Gasteiger charge is 2.17. The van der Waals surface area contributed by atoms with Crippen LogP contribution in [0.1, 0.15) is 55.5 Å². The molecule has 0 bridgehead atoms. The van der Waals surface area contributed by atoms with E-state index in [0.29, 0.717) is 22.6 Å². The number of hydrogen-bond acceptors (Lipinski definition) is 4. The van der Waals surface area contributed by atoms with Crippen molar-refractivity contribution in [2.75, 3.05) is 16.0 Å². The van der Waals surface area contributed by atoms with E-state index in [4.69, 9.17) is 4.74 Å². The summed E-state index contributed by atoms with van der Waals surface area (Å²) in [6.45, 7) is 4.29. The molecule has 0 saturated heterocycles. The minimum Gasteiger partial charge on any atom is -0.444 e. The van der Waals surface area contributed by atoms with Gasteiger partial charge in [0.2, 0.25) is 5.91 Å². The lowest BCUT2D eigenvalue weighted by molar-refractivity contribution is -0.120. The molecule has 0 spiro atoms. The Bertz CT molecular complexity index is 1140. The molecule has 0 aromatic heterocycles. The summed E-state index contributed by atoms with van der Waals surface area (Å²) in [5.41, 5.74) is 2.81. The second-order valence-corrected chi connectivity index (χ2v) is 8.53. The fourth-order valence-electron chi connectivity index (χ4n) is 3.82. The van der Waals surface area contributed by atoms with Gasteiger partial charge in [-0.15, -0.1) is 0 Å². The lowest BCUT2D eigenvalue weighted by atomic mass is 9.97. The third kappa shape index (κ3) is 7.98. The fourth-order valence-corrected chi connectivity index (χ4v) is 3.82. The summed E-state index contributed by atoms with van der Waals surface area (Å²) in [7, 11) is 0. The molecule has 0 atom stereocenters. The topological polar surface area (TPSA) is 96.5 Å². The van der Waals surface area contributed by atoms with Crippen LogP contribution in [0.3, 0.4) is 0 Å². The number of para-hydroxylation sites is 2. The van der Waals surface area contributed by atoms with E-state index in [9.17, 15) is 14.4 Å². The number of carbonyl (C=O) groups is 3. The van der Waals surface area contributed by atoms with Gasteiger partial charge in [-0.05, 0) is 54.8 Å². The number of rotatable bonds is 11. The largest absolute Gasteiger partial charge is 0.444 e. The van der Waals surface area contributed by atoms with Crippen LogP contribution in [0.5, 0.6) is 0 Å². The molecule has 0 heterocycles. The van der Waals surface area contributed by atoms with Crippen LogP contribution in [0.4, 0.5) is 21.9 Å². The Hall–Kier alpha value is -4.13. The highest BCUT2D eigenvalue weighted by Crippen LogP contribution is 2.23. The van der Waals surface area contributed by atoms with E-state index in [1.807, 2.05) is 30.3 Å². The van der Waals surface area contributed by atoms with E-state index in [2.05, 4.69) is 29.8 Å². The molecule has 3 N–H and O–H groups in total. The van der Waals surface area contributed by atoms with Crippen LogP contribution in [0, 0.1) is 5.92 Å². The predicted molar refractivity (Wildman–Crippen MR) is 143 cm³/mol. The Kier molecular flexibility index (Phi) is 10.1. The van der Waals surface area contributed by atoms with Gasteiger partial charge in [-0.3, -0.25) is 14.9 Å². The van der Waals surface area contributed by atoms with Crippen LogP contribution < -0.4 is 16.0 Å². The summed E-state index contributed by atoms with van der Waals surface area (Å²) in [6, 6.07) is 23.0. The zero-order chi connectivity index (χ0) is 25.8. The zero-order valence-corrected chi connectivity index (χ0v) is 20.8. The van der Waals surface area contributed by atoms with Crippen LogP contribution in [-0.4, -0.2) is 17.9 Å². The summed E-state index contributed by atoms with van der Waals surface area (Å²) in [6.07, 6.45) is 3.00. The third-order valence-corrected chi connectivity index (χ3v) is 5.68. The second kappa shape index (κ2) is 13.7. The van der Waals surface area contributed by atoms with E-state index in [0.717, 1.165) is 31.2 Å². The van der Waals surface area contributed by atoms with Gasteiger partial charge in [-0.25, -0.2) is 4.79 Å². The molecule has 36 heavy (non-hydrogen) atoms. The summed E-state index contributed by atoms with van der Waals surface area (Å²) in [5.74, 6) is -0.337. The van der Waals surface area contributed by atoms with E-state index in [1.54, 1.807) is 48.5 Å². The molecule has 0 aliphatic heterocycles. The summed E-state index contributed by atoms with van der Waals surface area (Å²) >= 11 is 0. The minimum atomic E-state index is -0.620.